The normalized spacial score (nSPS) is 9.76. The molecule has 1 N–H and O–H groups in total. The maximum Gasteiger partial charge on any atom is 0.262 e. The minimum atomic E-state index is -0.317. The summed E-state index contributed by atoms with van der Waals surface area (Å²) in [5, 5.41) is 11.9. The van der Waals surface area contributed by atoms with Gasteiger partial charge in [-0.1, -0.05) is 23.7 Å². The van der Waals surface area contributed by atoms with E-state index in [1.54, 1.807) is 36.4 Å². The fraction of sp³-hybridized carbons (Fsp3) is 0.125. The van der Waals surface area contributed by atoms with Gasteiger partial charge in [-0.25, -0.2) is 0 Å². The average Bonchev–Trinajstić information content (AvgIpc) is 2.48. The van der Waals surface area contributed by atoms with Crippen LogP contribution in [0.15, 0.2) is 42.5 Å². The summed E-state index contributed by atoms with van der Waals surface area (Å²) in [7, 11) is 0. The highest BCUT2D eigenvalue weighted by Gasteiger charge is 2.07. The second-order valence-electron chi connectivity index (χ2n) is 4.46. The van der Waals surface area contributed by atoms with Gasteiger partial charge in [0.1, 0.15) is 5.75 Å². The number of rotatable bonds is 4. The summed E-state index contributed by atoms with van der Waals surface area (Å²) in [5.41, 5.74) is 2.03. The smallest absolute Gasteiger partial charge is 0.262 e. The fourth-order valence-electron chi connectivity index (χ4n) is 1.73. The zero-order chi connectivity index (χ0) is 15.2. The Kier molecular flexibility index (Phi) is 4.81. The minimum absolute atomic E-state index is 0.153. The average molecular weight is 301 g/mol. The highest BCUT2D eigenvalue weighted by Crippen LogP contribution is 2.25. The van der Waals surface area contributed by atoms with E-state index < -0.39 is 0 Å². The van der Waals surface area contributed by atoms with Crippen LogP contribution >= 0.6 is 11.6 Å². The molecule has 0 aliphatic rings. The lowest BCUT2D eigenvalue weighted by Crippen LogP contribution is -2.20. The van der Waals surface area contributed by atoms with Gasteiger partial charge in [0.2, 0.25) is 0 Å². The number of benzene rings is 2. The summed E-state index contributed by atoms with van der Waals surface area (Å²) in [4.78, 5) is 11.8. The zero-order valence-electron chi connectivity index (χ0n) is 11.4. The van der Waals surface area contributed by atoms with Crippen molar-refractivity contribution in [2.24, 2.45) is 0 Å². The third-order valence-corrected chi connectivity index (χ3v) is 3.03. The van der Waals surface area contributed by atoms with Gasteiger partial charge in [0.25, 0.3) is 5.91 Å². The maximum absolute atomic E-state index is 11.8. The number of carbonyl (C=O) groups excluding carboxylic acids is 1. The van der Waals surface area contributed by atoms with Crippen LogP contribution in [-0.2, 0) is 4.79 Å². The number of nitrogens with one attached hydrogen (secondary N) is 1. The Labute approximate surface area is 127 Å². The van der Waals surface area contributed by atoms with Crippen LogP contribution in [-0.4, -0.2) is 12.5 Å². The molecule has 0 saturated heterocycles. The minimum Gasteiger partial charge on any atom is -0.482 e. The van der Waals surface area contributed by atoms with Crippen molar-refractivity contribution in [1.82, 2.24) is 0 Å². The number of hydrogen-bond acceptors (Lipinski definition) is 3. The first-order valence-electron chi connectivity index (χ1n) is 6.27. The molecule has 2 aromatic carbocycles. The molecule has 0 unspecified atom stereocenters. The lowest BCUT2D eigenvalue weighted by molar-refractivity contribution is -0.118. The Hall–Kier alpha value is -2.51. The molecule has 0 aliphatic heterocycles. The quantitative estimate of drug-likeness (QED) is 0.939. The van der Waals surface area contributed by atoms with Crippen molar-refractivity contribution in [1.29, 1.82) is 5.26 Å². The summed E-state index contributed by atoms with van der Waals surface area (Å²) in [6.45, 7) is 1.76. The number of nitrogens with zero attached hydrogens (tertiary/aromatic N) is 1. The lowest BCUT2D eigenvalue weighted by Gasteiger charge is -2.09. The molecule has 1 amide bonds. The molecule has 2 rings (SSSR count). The Bertz CT molecular complexity index is 708. The number of amides is 1. The number of hydrogen-bond donors (Lipinski definition) is 1. The van der Waals surface area contributed by atoms with Crippen molar-refractivity contribution in [3.8, 4) is 11.8 Å². The van der Waals surface area contributed by atoms with Crippen molar-refractivity contribution in [2.45, 2.75) is 6.92 Å². The van der Waals surface area contributed by atoms with Gasteiger partial charge in [-0.3, -0.25) is 4.79 Å². The molecule has 0 heterocycles. The molecule has 5 heteroatoms. The highest BCUT2D eigenvalue weighted by atomic mass is 35.5. The van der Waals surface area contributed by atoms with E-state index in [0.29, 0.717) is 22.0 Å². The molecule has 0 spiro atoms. The van der Waals surface area contributed by atoms with Crippen LogP contribution in [0.5, 0.6) is 5.75 Å². The molecule has 0 radical (unpaired) electrons. The van der Waals surface area contributed by atoms with Crippen LogP contribution in [0.3, 0.4) is 0 Å². The van der Waals surface area contributed by atoms with E-state index >= 15 is 0 Å². The first-order valence-corrected chi connectivity index (χ1v) is 6.65. The van der Waals surface area contributed by atoms with Gasteiger partial charge in [-0.2, -0.15) is 5.26 Å². The van der Waals surface area contributed by atoms with E-state index in [9.17, 15) is 4.79 Å². The van der Waals surface area contributed by atoms with E-state index in [2.05, 4.69) is 5.32 Å². The van der Waals surface area contributed by atoms with Crippen LogP contribution in [0.25, 0.3) is 0 Å². The molecule has 0 atom stereocenters. The van der Waals surface area contributed by atoms with E-state index in [-0.39, 0.29) is 12.5 Å². The second kappa shape index (κ2) is 6.78. The summed E-state index contributed by atoms with van der Waals surface area (Å²) >= 11 is 5.99. The number of nitriles is 1. The fourth-order valence-corrected chi connectivity index (χ4v) is 1.90. The van der Waals surface area contributed by atoms with Gasteiger partial charge in [-0.05, 0) is 42.8 Å². The summed E-state index contributed by atoms with van der Waals surface area (Å²) in [6.07, 6.45) is 0. The number of aryl methyl sites for hydroxylation is 1. The number of anilines is 1. The second-order valence-corrected chi connectivity index (χ2v) is 4.87. The Balaban J connectivity index is 1.96. The van der Waals surface area contributed by atoms with E-state index in [4.69, 9.17) is 21.6 Å². The van der Waals surface area contributed by atoms with Crippen LogP contribution in [0.4, 0.5) is 5.69 Å². The van der Waals surface area contributed by atoms with Crippen LogP contribution in [0.1, 0.15) is 11.1 Å². The number of carbonyl (C=O) groups is 1. The van der Waals surface area contributed by atoms with Crippen molar-refractivity contribution in [3.05, 3.63) is 58.6 Å². The Morgan fingerprint density at radius 1 is 1.33 bits per heavy atom. The van der Waals surface area contributed by atoms with Gasteiger partial charge >= 0.3 is 0 Å². The highest BCUT2D eigenvalue weighted by molar-refractivity contribution is 6.32. The molecule has 2 aromatic rings. The van der Waals surface area contributed by atoms with Crippen molar-refractivity contribution in [2.75, 3.05) is 11.9 Å². The first kappa shape index (κ1) is 14.9. The predicted molar refractivity (Wildman–Crippen MR) is 81.5 cm³/mol. The van der Waals surface area contributed by atoms with E-state index in [1.807, 2.05) is 19.1 Å². The van der Waals surface area contributed by atoms with Crippen LogP contribution < -0.4 is 10.1 Å². The van der Waals surface area contributed by atoms with Crippen molar-refractivity contribution >= 4 is 23.2 Å². The van der Waals surface area contributed by atoms with Gasteiger partial charge in [-0.15, -0.1) is 0 Å². The zero-order valence-corrected chi connectivity index (χ0v) is 12.1. The molecule has 21 heavy (non-hydrogen) atoms. The molecule has 106 valence electrons. The first-order chi connectivity index (χ1) is 10.1. The Morgan fingerprint density at radius 3 is 2.90 bits per heavy atom. The molecule has 0 aliphatic carbocycles. The van der Waals surface area contributed by atoms with Crippen molar-refractivity contribution < 1.29 is 9.53 Å². The lowest BCUT2D eigenvalue weighted by atomic mass is 10.2. The van der Waals surface area contributed by atoms with Crippen LogP contribution in [0, 0.1) is 18.3 Å². The molecule has 4 nitrogen and oxygen atoms in total. The van der Waals surface area contributed by atoms with Gasteiger partial charge < -0.3 is 10.1 Å². The predicted octanol–water partition coefficient (Wildman–Crippen LogP) is 3.54. The largest absolute Gasteiger partial charge is 0.482 e. The number of ether oxygens (including phenoxy) is 1. The summed E-state index contributed by atoms with van der Waals surface area (Å²) in [6, 6.07) is 14.0. The molecule has 0 saturated carbocycles. The Morgan fingerprint density at radius 2 is 2.14 bits per heavy atom. The van der Waals surface area contributed by atoms with Gasteiger partial charge in [0.05, 0.1) is 16.7 Å². The summed E-state index contributed by atoms with van der Waals surface area (Å²) < 4.78 is 5.40. The molecular formula is C16H13ClN2O2. The molecule has 0 bridgehead atoms. The van der Waals surface area contributed by atoms with Gasteiger partial charge in [0, 0.05) is 5.69 Å². The topological polar surface area (TPSA) is 62.1 Å². The third kappa shape index (κ3) is 4.23. The standard InChI is InChI=1S/C16H13ClN2O2/c1-11-5-6-14(17)15(7-11)21-10-16(20)19-13-4-2-3-12(8-13)9-18/h2-8H,10H2,1H3,(H,19,20). The van der Waals surface area contributed by atoms with Crippen LogP contribution in [0.2, 0.25) is 5.02 Å². The number of halogens is 1. The van der Waals surface area contributed by atoms with Gasteiger partial charge in [0.15, 0.2) is 6.61 Å². The summed E-state index contributed by atoms with van der Waals surface area (Å²) in [5.74, 6) is 0.153. The van der Waals surface area contributed by atoms with Crippen molar-refractivity contribution in [3.63, 3.8) is 0 Å². The molecule has 0 aromatic heterocycles. The van der Waals surface area contributed by atoms with E-state index in [0.717, 1.165) is 5.56 Å². The molecular weight excluding hydrogens is 288 g/mol. The van der Waals surface area contributed by atoms with E-state index in [1.165, 1.54) is 0 Å². The molecule has 0 fully saturated rings. The third-order valence-electron chi connectivity index (χ3n) is 2.72. The SMILES string of the molecule is Cc1ccc(Cl)c(OCC(=O)Nc2cccc(C#N)c2)c1. The monoisotopic (exact) mass is 300 g/mol. The maximum atomic E-state index is 11.8.